The highest BCUT2D eigenvalue weighted by Gasteiger charge is 2.24. The molecule has 0 bridgehead atoms. The van der Waals surface area contributed by atoms with Crippen molar-refractivity contribution >= 4 is 26.6 Å². The average Bonchev–Trinajstić information content (AvgIpc) is 2.80. The number of benzene rings is 1. The third kappa shape index (κ3) is 2.65. The van der Waals surface area contributed by atoms with Crippen molar-refractivity contribution in [3.63, 3.8) is 0 Å². The zero-order valence-corrected chi connectivity index (χ0v) is 11.7. The van der Waals surface area contributed by atoms with Crippen molar-refractivity contribution in [2.24, 2.45) is 11.7 Å². The van der Waals surface area contributed by atoms with E-state index in [0.29, 0.717) is 6.54 Å². The highest BCUT2D eigenvalue weighted by molar-refractivity contribution is 6.39. The van der Waals surface area contributed by atoms with E-state index >= 15 is 0 Å². The Morgan fingerprint density at radius 1 is 1.30 bits per heavy atom. The fourth-order valence-corrected chi connectivity index (χ4v) is 2.63. The Hall–Kier alpha value is -1.19. The van der Waals surface area contributed by atoms with Crippen LogP contribution in [0.3, 0.4) is 0 Å². The first-order valence-corrected chi connectivity index (χ1v) is 7.23. The van der Waals surface area contributed by atoms with E-state index in [9.17, 15) is 0 Å². The second kappa shape index (κ2) is 5.30. The first-order chi connectivity index (χ1) is 9.58. The summed E-state index contributed by atoms with van der Waals surface area (Å²) in [6, 6.07) is 8.11. The highest BCUT2D eigenvalue weighted by atomic mass is 15.0. The number of nitrogens with one attached hydrogen (secondary N) is 2. The molecule has 5 heteroatoms. The summed E-state index contributed by atoms with van der Waals surface area (Å²) in [4.78, 5) is 3.30. The standard InChI is InChI=1S/C15H19B2N3/c16-15(17,19-9-10-2-1-3-10)14-7-12-5-4-11(8-18)6-13(12)20-14/h4-7,10,19-20H,1-3,8-9,18H2. The van der Waals surface area contributed by atoms with E-state index in [-0.39, 0.29) is 0 Å². The number of nitrogens with two attached hydrogens (primary N) is 1. The zero-order chi connectivity index (χ0) is 14.2. The molecule has 0 saturated heterocycles. The van der Waals surface area contributed by atoms with Crippen LogP contribution in [0, 0.1) is 5.92 Å². The van der Waals surface area contributed by atoms with E-state index in [1.165, 1.54) is 19.3 Å². The van der Waals surface area contributed by atoms with Crippen LogP contribution in [0.1, 0.15) is 30.5 Å². The largest absolute Gasteiger partial charge is 0.358 e. The summed E-state index contributed by atoms with van der Waals surface area (Å²) in [6.45, 7) is 1.40. The van der Waals surface area contributed by atoms with Crippen molar-refractivity contribution < 1.29 is 0 Å². The molecule has 100 valence electrons. The second-order valence-electron chi connectivity index (χ2n) is 5.86. The topological polar surface area (TPSA) is 53.8 Å². The van der Waals surface area contributed by atoms with Gasteiger partial charge in [0.15, 0.2) is 0 Å². The molecular formula is C15H19B2N3. The van der Waals surface area contributed by atoms with Crippen LogP contribution in [-0.4, -0.2) is 27.2 Å². The third-order valence-corrected chi connectivity index (χ3v) is 4.28. The predicted octanol–water partition coefficient (Wildman–Crippen LogP) is 1.46. The van der Waals surface area contributed by atoms with Crippen LogP contribution in [0.5, 0.6) is 0 Å². The second-order valence-corrected chi connectivity index (χ2v) is 5.86. The molecule has 0 amide bonds. The van der Waals surface area contributed by atoms with Crippen molar-refractivity contribution in [2.45, 2.75) is 31.1 Å². The molecule has 20 heavy (non-hydrogen) atoms. The van der Waals surface area contributed by atoms with E-state index in [1.807, 2.05) is 24.3 Å². The molecule has 1 saturated carbocycles. The van der Waals surface area contributed by atoms with Crippen LogP contribution < -0.4 is 11.1 Å². The van der Waals surface area contributed by atoms with Crippen molar-refractivity contribution in [3.8, 4) is 0 Å². The summed E-state index contributed by atoms with van der Waals surface area (Å²) in [7, 11) is 12.4. The molecule has 4 radical (unpaired) electrons. The Labute approximate surface area is 122 Å². The molecule has 1 aromatic carbocycles. The Morgan fingerprint density at radius 3 is 2.75 bits per heavy atom. The van der Waals surface area contributed by atoms with Crippen molar-refractivity contribution in [2.75, 3.05) is 6.54 Å². The van der Waals surface area contributed by atoms with Gasteiger partial charge in [0, 0.05) is 17.8 Å². The van der Waals surface area contributed by atoms with Gasteiger partial charge in [0.05, 0.1) is 15.7 Å². The maximum absolute atomic E-state index is 6.21. The van der Waals surface area contributed by atoms with Crippen LogP contribution in [-0.2, 0) is 11.9 Å². The average molecular weight is 263 g/mol. The van der Waals surface area contributed by atoms with Crippen molar-refractivity contribution in [3.05, 3.63) is 35.5 Å². The lowest BCUT2D eigenvalue weighted by molar-refractivity contribution is 0.294. The Morgan fingerprint density at radius 2 is 2.10 bits per heavy atom. The molecule has 1 fully saturated rings. The molecule has 2 aromatic rings. The summed E-state index contributed by atoms with van der Waals surface area (Å²) in [5.41, 5.74) is 8.58. The fraction of sp³-hybridized carbons (Fsp3) is 0.467. The fourth-order valence-electron chi connectivity index (χ4n) is 2.63. The van der Waals surface area contributed by atoms with Gasteiger partial charge in [-0.05, 0) is 53.7 Å². The molecule has 4 N–H and O–H groups in total. The summed E-state index contributed by atoms with van der Waals surface area (Å²) >= 11 is 0. The molecule has 1 aliphatic carbocycles. The van der Waals surface area contributed by atoms with E-state index in [4.69, 9.17) is 21.4 Å². The number of aromatic amines is 1. The molecule has 1 aromatic heterocycles. The van der Waals surface area contributed by atoms with Crippen molar-refractivity contribution in [1.29, 1.82) is 0 Å². The lowest BCUT2D eigenvalue weighted by atomic mass is 9.59. The maximum atomic E-state index is 6.21. The highest BCUT2D eigenvalue weighted by Crippen LogP contribution is 2.27. The molecule has 1 aliphatic rings. The van der Waals surface area contributed by atoms with Crippen LogP contribution in [0.15, 0.2) is 24.3 Å². The van der Waals surface area contributed by atoms with Gasteiger partial charge in [0.2, 0.25) is 0 Å². The van der Waals surface area contributed by atoms with E-state index in [1.54, 1.807) is 0 Å². The SMILES string of the molecule is [B]C([B])(NCC1CCC1)c1cc2ccc(CN)cc2[nH]1. The molecular weight excluding hydrogens is 244 g/mol. The number of rotatable bonds is 5. The van der Waals surface area contributed by atoms with Gasteiger partial charge in [-0.15, -0.1) is 0 Å². The van der Waals surface area contributed by atoms with Crippen LogP contribution >= 0.6 is 0 Å². The van der Waals surface area contributed by atoms with Gasteiger partial charge in [0.25, 0.3) is 0 Å². The zero-order valence-electron chi connectivity index (χ0n) is 11.7. The summed E-state index contributed by atoms with van der Waals surface area (Å²) in [5.74, 6) is 0.717. The minimum absolute atomic E-state index is 0.528. The first kappa shape index (κ1) is 13.8. The Bertz CT molecular complexity index is 602. The van der Waals surface area contributed by atoms with Crippen molar-refractivity contribution in [1.82, 2.24) is 10.3 Å². The molecule has 3 rings (SSSR count). The van der Waals surface area contributed by atoms with E-state index in [0.717, 1.165) is 34.6 Å². The van der Waals surface area contributed by atoms with Gasteiger partial charge in [-0.2, -0.15) is 0 Å². The number of aromatic nitrogens is 1. The Balaban J connectivity index is 1.80. The number of H-pyrrole nitrogens is 1. The molecule has 0 spiro atoms. The van der Waals surface area contributed by atoms with Crippen LogP contribution in [0.2, 0.25) is 0 Å². The van der Waals surface area contributed by atoms with Gasteiger partial charge in [-0.25, -0.2) is 0 Å². The molecule has 0 atom stereocenters. The van der Waals surface area contributed by atoms with Crippen LogP contribution in [0.25, 0.3) is 10.9 Å². The van der Waals surface area contributed by atoms with Gasteiger partial charge in [0.1, 0.15) is 0 Å². The van der Waals surface area contributed by atoms with Crippen LogP contribution in [0.4, 0.5) is 0 Å². The smallest absolute Gasteiger partial charge is 0.0904 e. The summed E-state index contributed by atoms with van der Waals surface area (Å²) in [5, 5.41) is 3.35. The molecule has 0 aliphatic heterocycles. The number of hydrogen-bond donors (Lipinski definition) is 3. The Kier molecular flexibility index (Phi) is 3.65. The normalized spacial score (nSPS) is 16.4. The maximum Gasteiger partial charge on any atom is 0.0904 e. The van der Waals surface area contributed by atoms with Gasteiger partial charge < -0.3 is 16.0 Å². The van der Waals surface area contributed by atoms with Gasteiger partial charge in [-0.1, -0.05) is 18.6 Å². The lowest BCUT2D eigenvalue weighted by Gasteiger charge is -2.33. The third-order valence-electron chi connectivity index (χ3n) is 4.28. The molecule has 0 unspecified atom stereocenters. The molecule has 1 heterocycles. The minimum Gasteiger partial charge on any atom is -0.358 e. The van der Waals surface area contributed by atoms with Gasteiger partial charge >= 0.3 is 0 Å². The summed E-state index contributed by atoms with van der Waals surface area (Å²) < 4.78 is 0. The number of hydrogen-bond acceptors (Lipinski definition) is 2. The first-order valence-electron chi connectivity index (χ1n) is 7.23. The molecule has 3 nitrogen and oxygen atoms in total. The minimum atomic E-state index is -1.02. The quantitative estimate of drug-likeness (QED) is 0.715. The van der Waals surface area contributed by atoms with E-state index in [2.05, 4.69) is 10.3 Å². The number of fused-ring (bicyclic) bond motifs is 1. The predicted molar refractivity (Wildman–Crippen MR) is 84.7 cm³/mol. The lowest BCUT2D eigenvalue weighted by Crippen LogP contribution is -2.46. The van der Waals surface area contributed by atoms with Gasteiger partial charge in [-0.3, -0.25) is 0 Å². The monoisotopic (exact) mass is 263 g/mol. The summed E-state index contributed by atoms with van der Waals surface area (Å²) in [6.07, 6.45) is 3.87. The van der Waals surface area contributed by atoms with E-state index < -0.39 is 5.34 Å².